The third kappa shape index (κ3) is 5.04. The van der Waals surface area contributed by atoms with Crippen LogP contribution in [-0.2, 0) is 19.6 Å². The molecular weight excluding hydrogens is 340 g/mol. The van der Waals surface area contributed by atoms with Crippen LogP contribution in [0, 0.1) is 5.41 Å². The standard InChI is InChI=1S/C15H19ClN2O4S/c16-13-3-1-12(2-4-13)5-10-23(20,21)18-11-15(14(17)19)6-8-22-9-7-15/h1-5,10,18H,6-9,11H2,(H2,17,19)/b10-5+. The average Bonchev–Trinajstić information content (AvgIpc) is 2.53. The van der Waals surface area contributed by atoms with Gasteiger partial charge in [-0.05, 0) is 36.6 Å². The lowest BCUT2D eigenvalue weighted by atomic mass is 9.80. The van der Waals surface area contributed by atoms with Crippen molar-refractivity contribution in [2.45, 2.75) is 12.8 Å². The molecule has 1 amide bonds. The number of rotatable bonds is 6. The highest BCUT2D eigenvalue weighted by molar-refractivity contribution is 7.92. The Bertz CT molecular complexity index is 680. The van der Waals surface area contributed by atoms with Crippen LogP contribution in [-0.4, -0.2) is 34.1 Å². The van der Waals surface area contributed by atoms with Crippen molar-refractivity contribution >= 4 is 33.6 Å². The SMILES string of the molecule is NC(=O)C1(CNS(=O)(=O)/C=C/c2ccc(Cl)cc2)CCOCC1. The first-order chi connectivity index (χ1) is 10.8. The zero-order chi connectivity index (χ0) is 16.9. The number of sulfonamides is 1. The largest absolute Gasteiger partial charge is 0.381 e. The molecule has 0 unspecified atom stereocenters. The maximum absolute atomic E-state index is 12.1. The van der Waals surface area contributed by atoms with Gasteiger partial charge in [0.1, 0.15) is 0 Å². The number of hydrogen-bond donors (Lipinski definition) is 2. The van der Waals surface area contributed by atoms with E-state index in [1.54, 1.807) is 24.3 Å². The minimum Gasteiger partial charge on any atom is -0.381 e. The molecule has 1 aliphatic rings. The van der Waals surface area contributed by atoms with Gasteiger partial charge in [0.25, 0.3) is 0 Å². The molecule has 1 heterocycles. The van der Waals surface area contributed by atoms with Crippen LogP contribution in [0.4, 0.5) is 0 Å². The number of benzene rings is 1. The molecule has 2 rings (SSSR count). The summed E-state index contributed by atoms with van der Waals surface area (Å²) in [6, 6.07) is 6.76. The predicted molar refractivity (Wildman–Crippen MR) is 89.1 cm³/mol. The lowest BCUT2D eigenvalue weighted by Crippen LogP contribution is -2.49. The van der Waals surface area contributed by atoms with E-state index < -0.39 is 21.3 Å². The Hall–Kier alpha value is -1.41. The third-order valence-corrected chi connectivity index (χ3v) is 5.19. The molecule has 1 fully saturated rings. The summed E-state index contributed by atoms with van der Waals surface area (Å²) in [7, 11) is -3.67. The summed E-state index contributed by atoms with van der Waals surface area (Å²) in [5.74, 6) is -0.509. The van der Waals surface area contributed by atoms with Gasteiger partial charge in [-0.3, -0.25) is 4.79 Å². The first kappa shape index (κ1) is 17.9. The number of primary amides is 1. The maximum Gasteiger partial charge on any atom is 0.233 e. The van der Waals surface area contributed by atoms with Crippen molar-refractivity contribution in [1.82, 2.24) is 4.72 Å². The Morgan fingerprint density at radius 3 is 2.48 bits per heavy atom. The van der Waals surface area contributed by atoms with Gasteiger partial charge >= 0.3 is 0 Å². The molecule has 126 valence electrons. The molecule has 23 heavy (non-hydrogen) atoms. The van der Waals surface area contributed by atoms with Gasteiger partial charge in [0.2, 0.25) is 15.9 Å². The molecule has 0 aromatic heterocycles. The minimum atomic E-state index is -3.67. The number of amides is 1. The van der Waals surface area contributed by atoms with Crippen molar-refractivity contribution in [3.8, 4) is 0 Å². The average molecular weight is 359 g/mol. The highest BCUT2D eigenvalue weighted by Crippen LogP contribution is 2.29. The maximum atomic E-state index is 12.1. The summed E-state index contributed by atoms with van der Waals surface area (Å²) >= 11 is 5.77. The third-order valence-electron chi connectivity index (χ3n) is 3.89. The summed E-state index contributed by atoms with van der Waals surface area (Å²) in [4.78, 5) is 11.7. The number of nitrogens with two attached hydrogens (primary N) is 1. The number of carbonyl (C=O) groups excluding carboxylic acids is 1. The van der Waals surface area contributed by atoms with E-state index in [1.807, 2.05) is 0 Å². The second-order valence-electron chi connectivity index (χ2n) is 5.48. The molecule has 0 atom stereocenters. The van der Waals surface area contributed by atoms with Crippen LogP contribution in [0.2, 0.25) is 5.02 Å². The van der Waals surface area contributed by atoms with Crippen LogP contribution >= 0.6 is 11.6 Å². The smallest absolute Gasteiger partial charge is 0.233 e. The number of carbonyl (C=O) groups is 1. The van der Waals surface area contributed by atoms with Gasteiger partial charge in [0.15, 0.2) is 0 Å². The first-order valence-corrected chi connectivity index (χ1v) is 9.06. The fourth-order valence-corrected chi connectivity index (χ4v) is 3.34. The molecule has 0 spiro atoms. The summed E-state index contributed by atoms with van der Waals surface area (Å²) in [6.45, 7) is 0.759. The molecule has 1 aromatic carbocycles. The van der Waals surface area contributed by atoms with E-state index in [-0.39, 0.29) is 6.54 Å². The van der Waals surface area contributed by atoms with Crippen molar-refractivity contribution < 1.29 is 17.9 Å². The lowest BCUT2D eigenvalue weighted by molar-refractivity contribution is -0.132. The van der Waals surface area contributed by atoms with Crippen LogP contribution < -0.4 is 10.5 Å². The zero-order valence-electron chi connectivity index (χ0n) is 12.5. The fourth-order valence-electron chi connectivity index (χ4n) is 2.30. The van der Waals surface area contributed by atoms with Crippen molar-refractivity contribution in [3.63, 3.8) is 0 Å². The molecule has 1 aliphatic heterocycles. The highest BCUT2D eigenvalue weighted by Gasteiger charge is 2.39. The van der Waals surface area contributed by atoms with Gasteiger partial charge in [0.05, 0.1) is 5.41 Å². The lowest BCUT2D eigenvalue weighted by Gasteiger charge is -2.33. The molecule has 0 saturated carbocycles. The minimum absolute atomic E-state index is 0.0288. The van der Waals surface area contributed by atoms with Crippen LogP contribution in [0.25, 0.3) is 6.08 Å². The van der Waals surface area contributed by atoms with Crippen molar-refractivity contribution in [2.24, 2.45) is 11.1 Å². The second kappa shape index (κ2) is 7.44. The normalized spacial score (nSPS) is 18.1. The van der Waals surface area contributed by atoms with Crippen molar-refractivity contribution in [3.05, 3.63) is 40.3 Å². The van der Waals surface area contributed by atoms with Crippen LogP contribution in [0.3, 0.4) is 0 Å². The monoisotopic (exact) mass is 358 g/mol. The van der Waals surface area contributed by atoms with Gasteiger partial charge in [-0.2, -0.15) is 0 Å². The molecule has 0 aliphatic carbocycles. The predicted octanol–water partition coefficient (Wildman–Crippen LogP) is 1.51. The summed E-state index contributed by atoms with van der Waals surface area (Å²) in [5.41, 5.74) is 5.27. The molecule has 0 bridgehead atoms. The van der Waals surface area contributed by atoms with E-state index in [4.69, 9.17) is 22.1 Å². The molecule has 1 aromatic rings. The summed E-state index contributed by atoms with van der Waals surface area (Å²) in [6.07, 6.45) is 2.27. The van der Waals surface area contributed by atoms with Crippen molar-refractivity contribution in [1.29, 1.82) is 0 Å². The van der Waals surface area contributed by atoms with Crippen LogP contribution in [0.1, 0.15) is 18.4 Å². The van der Waals surface area contributed by atoms with Crippen molar-refractivity contribution in [2.75, 3.05) is 19.8 Å². The molecule has 8 heteroatoms. The summed E-state index contributed by atoms with van der Waals surface area (Å²) in [5, 5.41) is 1.63. The van der Waals surface area contributed by atoms with E-state index in [1.165, 1.54) is 6.08 Å². The van der Waals surface area contributed by atoms with E-state index in [0.717, 1.165) is 5.41 Å². The highest BCUT2D eigenvalue weighted by atomic mass is 35.5. The molecular formula is C15H19ClN2O4S. The molecule has 0 radical (unpaired) electrons. The molecule has 3 N–H and O–H groups in total. The first-order valence-electron chi connectivity index (χ1n) is 7.14. The Morgan fingerprint density at radius 2 is 1.91 bits per heavy atom. The molecule has 6 nitrogen and oxygen atoms in total. The fraction of sp³-hybridized carbons (Fsp3) is 0.400. The van der Waals surface area contributed by atoms with Crippen LogP contribution in [0.5, 0.6) is 0 Å². The van der Waals surface area contributed by atoms with Gasteiger partial charge in [0, 0.05) is 30.2 Å². The summed E-state index contributed by atoms with van der Waals surface area (Å²) < 4.78 is 31.8. The van der Waals surface area contributed by atoms with E-state index in [9.17, 15) is 13.2 Å². The Kier molecular flexibility index (Phi) is 5.80. The van der Waals surface area contributed by atoms with E-state index >= 15 is 0 Å². The van der Waals surface area contributed by atoms with E-state index in [2.05, 4.69) is 4.72 Å². The Morgan fingerprint density at radius 1 is 1.30 bits per heavy atom. The molecule has 1 saturated heterocycles. The van der Waals surface area contributed by atoms with Crippen LogP contribution in [0.15, 0.2) is 29.7 Å². The quantitative estimate of drug-likeness (QED) is 0.805. The zero-order valence-corrected chi connectivity index (χ0v) is 14.1. The number of halogens is 1. The Balaban J connectivity index is 2.02. The number of hydrogen-bond acceptors (Lipinski definition) is 4. The number of nitrogens with one attached hydrogen (secondary N) is 1. The van der Waals surface area contributed by atoms with Gasteiger partial charge < -0.3 is 10.5 Å². The topological polar surface area (TPSA) is 98.5 Å². The van der Waals surface area contributed by atoms with Gasteiger partial charge in [-0.25, -0.2) is 13.1 Å². The van der Waals surface area contributed by atoms with Gasteiger partial charge in [-0.1, -0.05) is 23.7 Å². The Labute approximate surface area is 140 Å². The van der Waals surface area contributed by atoms with E-state index in [0.29, 0.717) is 36.6 Å². The number of ether oxygens (including phenoxy) is 1. The second-order valence-corrected chi connectivity index (χ2v) is 7.56. The van der Waals surface area contributed by atoms with Gasteiger partial charge in [-0.15, -0.1) is 0 Å².